The minimum Gasteiger partial charge on any atom is -0.355 e. The van der Waals surface area contributed by atoms with Crippen LogP contribution in [0.5, 0.6) is 0 Å². The fourth-order valence-corrected chi connectivity index (χ4v) is 4.03. The summed E-state index contributed by atoms with van der Waals surface area (Å²) in [6.07, 6.45) is 4.53. The normalized spacial score (nSPS) is 19.1. The van der Waals surface area contributed by atoms with Gasteiger partial charge in [-0.05, 0) is 49.6 Å². The summed E-state index contributed by atoms with van der Waals surface area (Å²) in [6, 6.07) is 4.46. The molecule has 122 valence electrons. The van der Waals surface area contributed by atoms with Crippen LogP contribution in [0.15, 0.2) is 17.5 Å². The molecule has 2 aliphatic rings. The average molecular weight is 330 g/mol. The lowest BCUT2D eigenvalue weighted by Crippen LogP contribution is -2.44. The number of thiophene rings is 1. The van der Waals surface area contributed by atoms with E-state index in [0.717, 1.165) is 42.2 Å². The van der Waals surface area contributed by atoms with E-state index >= 15 is 0 Å². The number of amides is 1. The van der Waals surface area contributed by atoms with Gasteiger partial charge < -0.3 is 10.2 Å². The molecule has 0 unspecified atom stereocenters. The Morgan fingerprint density at radius 3 is 2.78 bits per heavy atom. The van der Waals surface area contributed by atoms with Gasteiger partial charge in [0.25, 0.3) is 5.91 Å². The van der Waals surface area contributed by atoms with Crippen molar-refractivity contribution in [2.75, 3.05) is 18.0 Å². The summed E-state index contributed by atoms with van der Waals surface area (Å²) in [5, 5.41) is 12.8. The summed E-state index contributed by atoms with van der Waals surface area (Å²) in [4.78, 5) is 15.5. The summed E-state index contributed by atoms with van der Waals surface area (Å²) in [7, 11) is 0. The Balaban J connectivity index is 1.31. The zero-order chi connectivity index (χ0) is 15.8. The molecule has 2 N–H and O–H groups in total. The van der Waals surface area contributed by atoms with E-state index in [2.05, 4.69) is 26.5 Å². The number of nitrogens with one attached hydrogen (secondary N) is 2. The molecule has 1 saturated heterocycles. The van der Waals surface area contributed by atoms with E-state index in [0.29, 0.717) is 5.92 Å². The zero-order valence-corrected chi connectivity index (χ0v) is 14.2. The molecule has 2 aromatic heterocycles. The zero-order valence-electron chi connectivity index (χ0n) is 13.3. The summed E-state index contributed by atoms with van der Waals surface area (Å²) in [6.45, 7) is 3.88. The molecule has 0 atom stereocenters. The lowest BCUT2D eigenvalue weighted by atomic mass is 10.0. The first-order valence-electron chi connectivity index (χ1n) is 8.36. The molecule has 2 fully saturated rings. The minimum absolute atomic E-state index is 0.0757. The van der Waals surface area contributed by atoms with Crippen molar-refractivity contribution in [3.05, 3.63) is 33.6 Å². The number of carbonyl (C=O) groups excluding carboxylic acids is 1. The maximum absolute atomic E-state index is 12.3. The van der Waals surface area contributed by atoms with Crippen LogP contribution in [-0.4, -0.2) is 35.2 Å². The quantitative estimate of drug-likeness (QED) is 0.906. The number of aryl methyl sites for hydroxylation is 1. The number of nitrogens with zero attached hydrogens (tertiary/aromatic N) is 2. The lowest BCUT2D eigenvalue weighted by molar-refractivity contribution is 0.0934. The van der Waals surface area contributed by atoms with Gasteiger partial charge in [0.05, 0.1) is 4.88 Å². The highest BCUT2D eigenvalue weighted by Gasteiger charge is 2.28. The van der Waals surface area contributed by atoms with Crippen molar-refractivity contribution >= 4 is 23.1 Å². The number of H-pyrrole nitrogens is 1. The molecule has 2 aromatic rings. The van der Waals surface area contributed by atoms with Crippen molar-refractivity contribution in [1.82, 2.24) is 15.5 Å². The van der Waals surface area contributed by atoms with Gasteiger partial charge in [-0.1, -0.05) is 0 Å². The van der Waals surface area contributed by atoms with Crippen LogP contribution in [0.25, 0.3) is 0 Å². The molecule has 0 radical (unpaired) electrons. The molecule has 23 heavy (non-hydrogen) atoms. The summed E-state index contributed by atoms with van der Waals surface area (Å²) < 4.78 is 0. The van der Waals surface area contributed by atoms with Crippen LogP contribution in [-0.2, 0) is 0 Å². The predicted molar refractivity (Wildman–Crippen MR) is 92.3 cm³/mol. The second-order valence-corrected chi connectivity index (χ2v) is 7.54. The molecule has 1 saturated carbocycles. The van der Waals surface area contributed by atoms with Gasteiger partial charge >= 0.3 is 0 Å². The van der Waals surface area contributed by atoms with Gasteiger partial charge in [-0.25, -0.2) is 0 Å². The fourth-order valence-electron chi connectivity index (χ4n) is 3.20. The number of piperidine rings is 1. The lowest BCUT2D eigenvalue weighted by Gasteiger charge is -2.32. The topological polar surface area (TPSA) is 61.0 Å². The monoisotopic (exact) mass is 330 g/mol. The van der Waals surface area contributed by atoms with Crippen LogP contribution >= 0.6 is 11.3 Å². The Kier molecular flexibility index (Phi) is 3.85. The molecule has 1 aliphatic heterocycles. The number of aromatic amines is 1. The van der Waals surface area contributed by atoms with Gasteiger partial charge in [-0.15, -0.1) is 11.3 Å². The Morgan fingerprint density at radius 1 is 1.35 bits per heavy atom. The molecule has 0 bridgehead atoms. The number of rotatable bonds is 4. The van der Waals surface area contributed by atoms with Gasteiger partial charge in [0.2, 0.25) is 0 Å². The molecule has 6 heteroatoms. The third-order valence-electron chi connectivity index (χ3n) is 4.82. The third-order valence-corrected chi connectivity index (χ3v) is 5.84. The van der Waals surface area contributed by atoms with Crippen LogP contribution in [0, 0.1) is 6.92 Å². The Morgan fingerprint density at radius 2 is 2.13 bits per heavy atom. The van der Waals surface area contributed by atoms with Crippen molar-refractivity contribution in [2.24, 2.45) is 0 Å². The van der Waals surface area contributed by atoms with Gasteiger partial charge in [0.1, 0.15) is 0 Å². The van der Waals surface area contributed by atoms with Gasteiger partial charge in [0, 0.05) is 36.8 Å². The second-order valence-electron chi connectivity index (χ2n) is 6.62. The smallest absolute Gasteiger partial charge is 0.261 e. The number of anilines is 1. The number of carbonyl (C=O) groups is 1. The average Bonchev–Trinajstić information content (AvgIpc) is 3.12. The van der Waals surface area contributed by atoms with Crippen molar-refractivity contribution in [3.8, 4) is 0 Å². The maximum atomic E-state index is 12.3. The van der Waals surface area contributed by atoms with E-state index in [1.165, 1.54) is 29.9 Å². The second kappa shape index (κ2) is 6.00. The van der Waals surface area contributed by atoms with Gasteiger partial charge in [-0.3, -0.25) is 9.89 Å². The highest BCUT2D eigenvalue weighted by Crippen LogP contribution is 2.40. The van der Waals surface area contributed by atoms with Crippen molar-refractivity contribution in [2.45, 2.75) is 44.6 Å². The molecule has 1 amide bonds. The van der Waals surface area contributed by atoms with Crippen LogP contribution in [0.2, 0.25) is 0 Å². The van der Waals surface area contributed by atoms with E-state index in [1.807, 2.05) is 18.4 Å². The Bertz CT molecular complexity index is 695. The van der Waals surface area contributed by atoms with Crippen molar-refractivity contribution in [1.29, 1.82) is 0 Å². The number of hydrogen-bond donors (Lipinski definition) is 2. The van der Waals surface area contributed by atoms with Crippen LogP contribution < -0.4 is 10.2 Å². The Hall–Kier alpha value is -1.82. The van der Waals surface area contributed by atoms with E-state index in [9.17, 15) is 4.79 Å². The summed E-state index contributed by atoms with van der Waals surface area (Å²) in [5.41, 5.74) is 2.35. The van der Waals surface area contributed by atoms with Gasteiger partial charge in [0.15, 0.2) is 5.82 Å². The molecular formula is C17H22N4OS. The van der Waals surface area contributed by atoms with Gasteiger partial charge in [-0.2, -0.15) is 5.10 Å². The first-order chi connectivity index (χ1) is 11.2. The summed E-state index contributed by atoms with van der Waals surface area (Å²) in [5.74, 6) is 1.85. The first kappa shape index (κ1) is 14.8. The van der Waals surface area contributed by atoms with E-state index in [1.54, 1.807) is 0 Å². The molecule has 4 rings (SSSR count). The third kappa shape index (κ3) is 3.13. The SMILES string of the molecule is Cc1ccsc1C(=O)NC1CCN(c2cc(C3CC3)[nH]n2)CC1. The standard InChI is InChI=1S/C17H22N4OS/c1-11-6-9-23-16(11)17(22)18-13-4-7-21(8-5-13)15-10-14(19-20-15)12-2-3-12/h6,9-10,12-13H,2-5,7-8H2,1H3,(H,18,22)(H,19,20). The molecule has 0 aromatic carbocycles. The van der Waals surface area contributed by atoms with Crippen molar-refractivity contribution in [3.63, 3.8) is 0 Å². The minimum atomic E-state index is 0.0757. The molecule has 3 heterocycles. The molecule has 1 aliphatic carbocycles. The molecular weight excluding hydrogens is 308 g/mol. The first-order valence-corrected chi connectivity index (χ1v) is 9.24. The highest BCUT2D eigenvalue weighted by atomic mass is 32.1. The van der Waals surface area contributed by atoms with Crippen LogP contribution in [0.1, 0.15) is 52.5 Å². The summed E-state index contributed by atoms with van der Waals surface area (Å²) >= 11 is 1.52. The predicted octanol–water partition coefficient (Wildman–Crippen LogP) is 3.06. The molecule has 0 spiro atoms. The largest absolute Gasteiger partial charge is 0.355 e. The van der Waals surface area contributed by atoms with E-state index in [-0.39, 0.29) is 11.9 Å². The Labute approximate surface area is 140 Å². The number of aromatic nitrogens is 2. The van der Waals surface area contributed by atoms with Crippen molar-refractivity contribution < 1.29 is 4.79 Å². The van der Waals surface area contributed by atoms with E-state index in [4.69, 9.17) is 0 Å². The highest BCUT2D eigenvalue weighted by molar-refractivity contribution is 7.12. The number of hydrogen-bond acceptors (Lipinski definition) is 4. The van der Waals surface area contributed by atoms with Crippen LogP contribution in [0.3, 0.4) is 0 Å². The fraction of sp³-hybridized carbons (Fsp3) is 0.529. The van der Waals surface area contributed by atoms with Crippen LogP contribution in [0.4, 0.5) is 5.82 Å². The maximum Gasteiger partial charge on any atom is 0.261 e. The van der Waals surface area contributed by atoms with E-state index < -0.39 is 0 Å². The molecule has 5 nitrogen and oxygen atoms in total.